The van der Waals surface area contributed by atoms with Gasteiger partial charge >= 0.3 is 11.9 Å². The Morgan fingerprint density at radius 3 is 1.33 bits per heavy atom. The lowest BCUT2D eigenvalue weighted by molar-refractivity contribution is -0.193. The van der Waals surface area contributed by atoms with Crippen molar-refractivity contribution in [3.63, 3.8) is 0 Å². The van der Waals surface area contributed by atoms with Crippen LogP contribution in [0.5, 0.6) is 0 Å². The average molecular weight is 641 g/mol. The molecule has 0 aromatic rings. The number of unbranched alkanes of at least 4 members (excludes halogenated alkanes) is 16. The molecule has 0 N–H and O–H groups in total. The monoisotopic (exact) mass is 641 g/mol. The minimum absolute atomic E-state index is 0.136. The first-order valence-corrected chi connectivity index (χ1v) is 19.6. The van der Waals surface area contributed by atoms with Gasteiger partial charge in [-0.15, -0.1) is 0 Å². The van der Waals surface area contributed by atoms with E-state index >= 15 is 0 Å². The summed E-state index contributed by atoms with van der Waals surface area (Å²) in [5, 5.41) is 0. The standard InChI is InChI=1S/C42H72O4/c1-4-7-9-11-13-15-17-19-21-23-25-27-29-31-33-35-40(43)45-39-37-38(6-3)42(39)46-41(44)36-34-32-30-28-26-24-22-20-18-16-14-12-10-8-5-2/h13-16,19-22,38-39,42H,4-12,17-18,23-37H2,1-3H3/b15-13-,16-14-,21-19-,22-20-/t38-,39-,42+/m1/s1. The fourth-order valence-electron chi connectivity index (χ4n) is 5.96. The molecule has 0 heterocycles. The van der Waals surface area contributed by atoms with Crippen LogP contribution in [-0.2, 0) is 19.1 Å². The summed E-state index contributed by atoms with van der Waals surface area (Å²) in [6, 6.07) is 0. The number of hydrogen-bond acceptors (Lipinski definition) is 4. The second kappa shape index (κ2) is 31.5. The summed E-state index contributed by atoms with van der Waals surface area (Å²) in [6.07, 6.45) is 46.2. The molecule has 0 aromatic carbocycles. The minimum Gasteiger partial charge on any atom is -0.458 e. The Kier molecular flexibility index (Phi) is 28.7. The highest BCUT2D eigenvalue weighted by molar-refractivity contribution is 5.71. The number of allylic oxidation sites excluding steroid dienone is 8. The zero-order valence-corrected chi connectivity index (χ0v) is 30.4. The lowest BCUT2D eigenvalue weighted by Crippen LogP contribution is -2.51. The molecule has 3 atom stereocenters. The van der Waals surface area contributed by atoms with Crippen molar-refractivity contribution in [1.82, 2.24) is 0 Å². The molecule has 0 aliphatic heterocycles. The van der Waals surface area contributed by atoms with Gasteiger partial charge in [0, 0.05) is 18.8 Å². The molecule has 4 nitrogen and oxygen atoms in total. The van der Waals surface area contributed by atoms with Gasteiger partial charge in [-0.1, -0.05) is 134 Å². The molecule has 1 saturated carbocycles. The molecule has 1 aliphatic carbocycles. The smallest absolute Gasteiger partial charge is 0.306 e. The van der Waals surface area contributed by atoms with Crippen LogP contribution in [0, 0.1) is 5.92 Å². The van der Waals surface area contributed by atoms with Gasteiger partial charge in [-0.2, -0.15) is 0 Å². The Balaban J connectivity index is 2.03. The second-order valence-corrected chi connectivity index (χ2v) is 13.3. The Labute approximate surface area is 284 Å². The summed E-state index contributed by atoms with van der Waals surface area (Å²) >= 11 is 0. The molecular weight excluding hydrogens is 568 g/mol. The molecule has 0 bridgehead atoms. The van der Waals surface area contributed by atoms with Gasteiger partial charge in [0.15, 0.2) is 0 Å². The first-order valence-electron chi connectivity index (χ1n) is 19.6. The zero-order chi connectivity index (χ0) is 33.3. The highest BCUT2D eigenvalue weighted by atomic mass is 16.6. The number of esters is 2. The summed E-state index contributed by atoms with van der Waals surface area (Å²) in [6.45, 7) is 6.61. The van der Waals surface area contributed by atoms with E-state index in [1.54, 1.807) is 0 Å². The average Bonchev–Trinajstić information content (AvgIpc) is 3.05. The third kappa shape index (κ3) is 24.1. The summed E-state index contributed by atoms with van der Waals surface area (Å²) in [4.78, 5) is 25.0. The molecule has 0 unspecified atom stereocenters. The first-order chi connectivity index (χ1) is 22.6. The van der Waals surface area contributed by atoms with Crippen molar-refractivity contribution < 1.29 is 19.1 Å². The maximum Gasteiger partial charge on any atom is 0.306 e. The van der Waals surface area contributed by atoms with E-state index in [1.165, 1.54) is 77.0 Å². The summed E-state index contributed by atoms with van der Waals surface area (Å²) in [7, 11) is 0. The van der Waals surface area contributed by atoms with E-state index in [0.29, 0.717) is 18.8 Å². The Morgan fingerprint density at radius 1 is 0.500 bits per heavy atom. The van der Waals surface area contributed by atoms with Crippen molar-refractivity contribution in [3.8, 4) is 0 Å². The molecule has 1 rings (SSSR count). The SMILES string of the molecule is CCCCC/C=C\C/C=C\CCCCCCCC(=O)O[C@H]1[C@H](CC)C[C@H]1OC(=O)CCCCCCC/C=C\C/C=C\CCCCC. The van der Waals surface area contributed by atoms with Crippen LogP contribution in [0.3, 0.4) is 0 Å². The van der Waals surface area contributed by atoms with Gasteiger partial charge < -0.3 is 9.47 Å². The van der Waals surface area contributed by atoms with Crippen molar-refractivity contribution in [2.75, 3.05) is 0 Å². The molecule has 1 fully saturated rings. The molecule has 0 aromatic heterocycles. The van der Waals surface area contributed by atoms with Crippen molar-refractivity contribution in [1.29, 1.82) is 0 Å². The maximum atomic E-state index is 12.5. The highest BCUT2D eigenvalue weighted by Crippen LogP contribution is 2.36. The van der Waals surface area contributed by atoms with Crippen LogP contribution >= 0.6 is 0 Å². The van der Waals surface area contributed by atoms with Crippen LogP contribution < -0.4 is 0 Å². The predicted molar refractivity (Wildman–Crippen MR) is 197 cm³/mol. The van der Waals surface area contributed by atoms with Gasteiger partial charge in [0.1, 0.15) is 12.2 Å². The van der Waals surface area contributed by atoms with Crippen molar-refractivity contribution >= 4 is 11.9 Å². The molecule has 0 saturated heterocycles. The topological polar surface area (TPSA) is 52.6 Å². The van der Waals surface area contributed by atoms with Gasteiger partial charge in [-0.25, -0.2) is 0 Å². The lowest BCUT2D eigenvalue weighted by Gasteiger charge is -2.42. The van der Waals surface area contributed by atoms with E-state index in [-0.39, 0.29) is 24.1 Å². The number of ether oxygens (including phenoxy) is 2. The number of carbonyl (C=O) groups is 2. The van der Waals surface area contributed by atoms with Gasteiger partial charge in [-0.3, -0.25) is 9.59 Å². The van der Waals surface area contributed by atoms with Crippen LogP contribution in [0.1, 0.15) is 188 Å². The van der Waals surface area contributed by atoms with E-state index in [1.807, 2.05) is 0 Å². The summed E-state index contributed by atoms with van der Waals surface area (Å²) in [5.41, 5.74) is 0. The van der Waals surface area contributed by atoms with Gasteiger partial charge in [-0.05, 0) is 89.9 Å². The summed E-state index contributed by atoms with van der Waals surface area (Å²) in [5.74, 6) is 0.0332. The third-order valence-electron chi connectivity index (χ3n) is 9.10. The van der Waals surface area contributed by atoms with Crippen molar-refractivity contribution in [2.45, 2.75) is 200 Å². The van der Waals surface area contributed by atoms with Crippen LogP contribution in [0.15, 0.2) is 48.6 Å². The lowest BCUT2D eigenvalue weighted by atomic mass is 9.77. The Morgan fingerprint density at radius 2 is 0.891 bits per heavy atom. The maximum absolute atomic E-state index is 12.5. The Bertz CT molecular complexity index is 839. The van der Waals surface area contributed by atoms with Crippen molar-refractivity contribution in [2.24, 2.45) is 5.92 Å². The van der Waals surface area contributed by atoms with Gasteiger partial charge in [0.2, 0.25) is 0 Å². The van der Waals surface area contributed by atoms with E-state index in [2.05, 4.69) is 69.4 Å². The second-order valence-electron chi connectivity index (χ2n) is 13.3. The Hall–Kier alpha value is -2.10. The molecular formula is C42H72O4. The van der Waals surface area contributed by atoms with E-state index in [0.717, 1.165) is 77.0 Å². The van der Waals surface area contributed by atoms with Crippen LogP contribution in [0.2, 0.25) is 0 Å². The largest absolute Gasteiger partial charge is 0.458 e. The summed E-state index contributed by atoms with van der Waals surface area (Å²) < 4.78 is 11.6. The highest BCUT2D eigenvalue weighted by Gasteiger charge is 2.45. The van der Waals surface area contributed by atoms with Crippen LogP contribution in [0.4, 0.5) is 0 Å². The predicted octanol–water partition coefficient (Wildman–Crippen LogP) is 12.9. The molecule has 0 amide bonds. The molecule has 264 valence electrons. The number of rotatable bonds is 31. The third-order valence-corrected chi connectivity index (χ3v) is 9.10. The van der Waals surface area contributed by atoms with Crippen molar-refractivity contribution in [3.05, 3.63) is 48.6 Å². The van der Waals surface area contributed by atoms with Crippen LogP contribution in [-0.4, -0.2) is 24.1 Å². The fraction of sp³-hybridized carbons (Fsp3) is 0.762. The van der Waals surface area contributed by atoms with Crippen LogP contribution in [0.25, 0.3) is 0 Å². The molecule has 0 spiro atoms. The van der Waals surface area contributed by atoms with Gasteiger partial charge in [0.25, 0.3) is 0 Å². The normalized spacial score (nSPS) is 18.3. The van der Waals surface area contributed by atoms with E-state index in [9.17, 15) is 9.59 Å². The quantitative estimate of drug-likeness (QED) is 0.0430. The zero-order valence-electron chi connectivity index (χ0n) is 30.4. The molecule has 1 aliphatic rings. The number of carbonyl (C=O) groups excluding carboxylic acids is 2. The minimum atomic E-state index is -0.260. The molecule has 46 heavy (non-hydrogen) atoms. The molecule has 0 radical (unpaired) electrons. The molecule has 4 heteroatoms. The fourth-order valence-corrected chi connectivity index (χ4v) is 5.96. The number of hydrogen-bond donors (Lipinski definition) is 0. The first kappa shape index (κ1) is 41.9. The van der Waals surface area contributed by atoms with Gasteiger partial charge in [0.05, 0.1) is 0 Å². The van der Waals surface area contributed by atoms with E-state index < -0.39 is 0 Å². The van der Waals surface area contributed by atoms with E-state index in [4.69, 9.17) is 9.47 Å².